The van der Waals surface area contributed by atoms with Crippen LogP contribution in [0.5, 0.6) is 0 Å². The van der Waals surface area contributed by atoms with Gasteiger partial charge in [-0.05, 0) is 43.0 Å². The number of nitrogens with two attached hydrogens (primary N) is 1. The van der Waals surface area contributed by atoms with Gasteiger partial charge in [0.05, 0.1) is 4.90 Å². The van der Waals surface area contributed by atoms with Gasteiger partial charge in [-0.3, -0.25) is 0 Å². The third-order valence-corrected chi connectivity index (χ3v) is 4.57. The Morgan fingerprint density at radius 2 is 1.81 bits per heavy atom. The Bertz CT molecular complexity index is 369. The van der Waals surface area contributed by atoms with Crippen LogP contribution in [-0.4, -0.2) is 21.6 Å². The molecule has 0 saturated carbocycles. The summed E-state index contributed by atoms with van der Waals surface area (Å²) in [5, 5.41) is 0. The molecule has 2 N–H and O–H groups in total. The van der Waals surface area contributed by atoms with Gasteiger partial charge in [0.2, 0.25) is 0 Å². The maximum Gasteiger partial charge on any atom is 0.127 e. The molecule has 1 aliphatic rings. The third kappa shape index (κ3) is 2.62. The van der Waals surface area contributed by atoms with Gasteiger partial charge in [-0.25, -0.2) is 8.51 Å². The Kier molecular flexibility index (Phi) is 3.61. The smallest absolute Gasteiger partial charge is 0.127 e. The highest BCUT2D eigenvalue weighted by Crippen LogP contribution is 2.21. The highest BCUT2D eigenvalue weighted by atomic mass is 32.2. The van der Waals surface area contributed by atoms with Crippen LogP contribution in [0, 0.1) is 5.92 Å². The Hall–Kier alpha value is -0.870. The molecule has 0 aliphatic carbocycles. The molecule has 1 heterocycles. The van der Waals surface area contributed by atoms with Crippen molar-refractivity contribution < 1.29 is 4.21 Å². The Labute approximate surface area is 99.2 Å². The molecule has 1 saturated heterocycles. The monoisotopic (exact) mass is 238 g/mol. The van der Waals surface area contributed by atoms with E-state index in [0.29, 0.717) is 5.69 Å². The SMILES string of the molecule is CC1CCN(S(=O)c2ccc(N)cc2)CC1. The van der Waals surface area contributed by atoms with Crippen molar-refractivity contribution in [2.24, 2.45) is 5.92 Å². The summed E-state index contributed by atoms with van der Waals surface area (Å²) in [6, 6.07) is 7.31. The van der Waals surface area contributed by atoms with Gasteiger partial charge >= 0.3 is 0 Å². The van der Waals surface area contributed by atoms with Crippen LogP contribution < -0.4 is 5.73 Å². The highest BCUT2D eigenvalue weighted by Gasteiger charge is 2.21. The number of anilines is 1. The molecule has 88 valence electrons. The molecule has 1 aromatic rings. The first-order valence-corrected chi connectivity index (χ1v) is 6.80. The van der Waals surface area contributed by atoms with Crippen molar-refractivity contribution in [3.05, 3.63) is 24.3 Å². The number of benzene rings is 1. The zero-order valence-corrected chi connectivity index (χ0v) is 10.4. The molecule has 0 amide bonds. The third-order valence-electron chi connectivity index (χ3n) is 3.06. The average Bonchev–Trinajstić information content (AvgIpc) is 2.30. The minimum atomic E-state index is -1.02. The molecule has 1 aliphatic heterocycles. The first kappa shape index (κ1) is 11.6. The molecule has 0 aromatic heterocycles. The first-order chi connectivity index (χ1) is 7.66. The Morgan fingerprint density at radius 3 is 2.38 bits per heavy atom. The van der Waals surface area contributed by atoms with Crippen molar-refractivity contribution in [3.63, 3.8) is 0 Å². The fourth-order valence-corrected chi connectivity index (χ4v) is 3.09. The first-order valence-electron chi connectivity index (χ1n) is 5.69. The van der Waals surface area contributed by atoms with Gasteiger partial charge in [0, 0.05) is 18.8 Å². The van der Waals surface area contributed by atoms with Crippen LogP contribution in [0.3, 0.4) is 0 Å². The van der Waals surface area contributed by atoms with Crippen molar-refractivity contribution in [1.29, 1.82) is 0 Å². The topological polar surface area (TPSA) is 46.3 Å². The number of hydrogen-bond donors (Lipinski definition) is 1. The Balaban J connectivity index is 2.05. The van der Waals surface area contributed by atoms with E-state index in [9.17, 15) is 4.21 Å². The largest absolute Gasteiger partial charge is 0.399 e. The molecule has 0 radical (unpaired) electrons. The van der Waals surface area contributed by atoms with Crippen LogP contribution in [0.25, 0.3) is 0 Å². The molecular formula is C12H18N2OS. The second kappa shape index (κ2) is 4.97. The number of nitrogen functional groups attached to an aromatic ring is 1. The standard InChI is InChI=1S/C12H18N2OS/c1-10-6-8-14(9-7-10)16(15)12-4-2-11(13)3-5-12/h2-5,10H,6-9,13H2,1H3. The minimum Gasteiger partial charge on any atom is -0.399 e. The van der Waals surface area contributed by atoms with Crippen molar-refractivity contribution in [1.82, 2.24) is 4.31 Å². The molecule has 3 nitrogen and oxygen atoms in total. The summed E-state index contributed by atoms with van der Waals surface area (Å²) in [6.45, 7) is 4.11. The molecule has 1 aromatic carbocycles. The van der Waals surface area contributed by atoms with E-state index in [1.807, 2.05) is 16.4 Å². The summed E-state index contributed by atoms with van der Waals surface area (Å²) in [6.07, 6.45) is 2.28. The lowest BCUT2D eigenvalue weighted by Gasteiger charge is -2.28. The van der Waals surface area contributed by atoms with E-state index in [1.165, 1.54) is 0 Å². The summed E-state index contributed by atoms with van der Waals surface area (Å²) in [7, 11) is -1.02. The van der Waals surface area contributed by atoms with Crippen LogP contribution in [0.2, 0.25) is 0 Å². The van der Waals surface area contributed by atoms with Crippen molar-refractivity contribution in [2.75, 3.05) is 18.8 Å². The summed E-state index contributed by atoms with van der Waals surface area (Å²) >= 11 is 0. The minimum absolute atomic E-state index is 0.716. The van der Waals surface area contributed by atoms with E-state index in [0.717, 1.165) is 36.7 Å². The molecule has 0 bridgehead atoms. The molecule has 16 heavy (non-hydrogen) atoms. The van der Waals surface area contributed by atoms with Gasteiger partial charge in [0.15, 0.2) is 0 Å². The van der Waals surface area contributed by atoms with Gasteiger partial charge < -0.3 is 5.73 Å². The van der Waals surface area contributed by atoms with E-state index in [1.54, 1.807) is 12.1 Å². The lowest BCUT2D eigenvalue weighted by atomic mass is 10.0. The normalized spacial score (nSPS) is 20.8. The fourth-order valence-electron chi connectivity index (χ4n) is 1.88. The van der Waals surface area contributed by atoms with Gasteiger partial charge in [0.1, 0.15) is 11.0 Å². The van der Waals surface area contributed by atoms with Gasteiger partial charge in [-0.1, -0.05) is 6.92 Å². The average molecular weight is 238 g/mol. The lowest BCUT2D eigenvalue weighted by Crippen LogP contribution is -2.34. The maximum atomic E-state index is 12.2. The van der Waals surface area contributed by atoms with Crippen molar-refractivity contribution >= 4 is 16.7 Å². The van der Waals surface area contributed by atoms with Gasteiger partial charge in [0.25, 0.3) is 0 Å². The summed E-state index contributed by atoms with van der Waals surface area (Å²) in [5.74, 6) is 0.764. The quantitative estimate of drug-likeness (QED) is 0.801. The molecule has 1 fully saturated rings. The van der Waals surface area contributed by atoms with Crippen LogP contribution >= 0.6 is 0 Å². The summed E-state index contributed by atoms with van der Waals surface area (Å²) < 4.78 is 14.3. The number of nitrogens with zero attached hydrogens (tertiary/aromatic N) is 1. The van der Waals surface area contributed by atoms with Crippen LogP contribution in [0.15, 0.2) is 29.2 Å². The predicted octanol–water partition coefficient (Wildman–Crippen LogP) is 2.02. The second-order valence-corrected chi connectivity index (χ2v) is 5.92. The summed E-state index contributed by atoms with van der Waals surface area (Å²) in [4.78, 5) is 0.851. The van der Waals surface area contributed by atoms with E-state index in [-0.39, 0.29) is 0 Å². The molecule has 2 rings (SSSR count). The van der Waals surface area contributed by atoms with Crippen LogP contribution in [0.4, 0.5) is 5.69 Å². The lowest BCUT2D eigenvalue weighted by molar-refractivity contribution is 0.299. The Morgan fingerprint density at radius 1 is 1.25 bits per heavy atom. The predicted molar refractivity (Wildman–Crippen MR) is 67.2 cm³/mol. The van der Waals surface area contributed by atoms with Crippen molar-refractivity contribution in [3.8, 4) is 0 Å². The molecular weight excluding hydrogens is 220 g/mol. The second-order valence-electron chi connectivity index (χ2n) is 4.43. The van der Waals surface area contributed by atoms with Gasteiger partial charge in [-0.15, -0.1) is 0 Å². The molecule has 4 heteroatoms. The van der Waals surface area contributed by atoms with Gasteiger partial charge in [-0.2, -0.15) is 0 Å². The fraction of sp³-hybridized carbons (Fsp3) is 0.500. The van der Waals surface area contributed by atoms with E-state index in [2.05, 4.69) is 6.92 Å². The molecule has 1 unspecified atom stereocenters. The number of rotatable bonds is 2. The van der Waals surface area contributed by atoms with E-state index < -0.39 is 11.0 Å². The molecule has 1 atom stereocenters. The van der Waals surface area contributed by atoms with E-state index >= 15 is 0 Å². The zero-order valence-electron chi connectivity index (χ0n) is 9.56. The van der Waals surface area contributed by atoms with Crippen LogP contribution in [0.1, 0.15) is 19.8 Å². The zero-order chi connectivity index (χ0) is 11.5. The maximum absolute atomic E-state index is 12.2. The summed E-state index contributed by atoms with van der Waals surface area (Å²) in [5.41, 5.74) is 6.33. The molecule has 0 spiro atoms. The highest BCUT2D eigenvalue weighted by molar-refractivity contribution is 7.82. The van der Waals surface area contributed by atoms with Crippen LogP contribution in [-0.2, 0) is 11.0 Å². The van der Waals surface area contributed by atoms with Crippen molar-refractivity contribution in [2.45, 2.75) is 24.7 Å². The van der Waals surface area contributed by atoms with E-state index in [4.69, 9.17) is 5.73 Å². The number of hydrogen-bond acceptors (Lipinski definition) is 2. The number of piperidine rings is 1.